The van der Waals surface area contributed by atoms with Crippen LogP contribution in [0, 0.1) is 5.92 Å². The van der Waals surface area contributed by atoms with E-state index in [0.29, 0.717) is 5.92 Å². The first kappa shape index (κ1) is 14.1. The van der Waals surface area contributed by atoms with E-state index < -0.39 is 0 Å². The summed E-state index contributed by atoms with van der Waals surface area (Å²) < 4.78 is 2.25. The van der Waals surface area contributed by atoms with Gasteiger partial charge in [0.25, 0.3) is 0 Å². The van der Waals surface area contributed by atoms with Gasteiger partial charge in [-0.1, -0.05) is 32.0 Å². The number of hydrogen-bond acceptors (Lipinski definition) is 2. The second-order valence-electron chi connectivity index (χ2n) is 5.47. The maximum Gasteiger partial charge on any atom is 0.0483 e. The van der Waals surface area contributed by atoms with E-state index in [4.69, 9.17) is 5.11 Å². The molecule has 1 heterocycles. The largest absolute Gasteiger partial charge is 0.396 e. The van der Waals surface area contributed by atoms with Crippen LogP contribution in [0.3, 0.4) is 0 Å². The van der Waals surface area contributed by atoms with Gasteiger partial charge in [-0.3, -0.25) is 0 Å². The monoisotopic (exact) mass is 260 g/mol. The molecule has 0 bridgehead atoms. The van der Waals surface area contributed by atoms with Gasteiger partial charge in [0.15, 0.2) is 0 Å². The fraction of sp³-hybridized carbons (Fsp3) is 0.500. The molecule has 3 heteroatoms. The number of aryl methyl sites for hydroxylation is 1. The van der Waals surface area contributed by atoms with Crippen LogP contribution in [-0.4, -0.2) is 22.8 Å². The Kier molecular flexibility index (Phi) is 5.00. The molecule has 2 N–H and O–H groups in total. The van der Waals surface area contributed by atoms with Gasteiger partial charge in [-0.15, -0.1) is 0 Å². The highest BCUT2D eigenvalue weighted by molar-refractivity contribution is 5.83. The average Bonchev–Trinajstić information content (AvgIpc) is 2.75. The van der Waals surface area contributed by atoms with E-state index in [1.807, 2.05) is 0 Å². The molecule has 0 saturated carbocycles. The third-order valence-electron chi connectivity index (χ3n) is 3.30. The van der Waals surface area contributed by atoms with Crippen LogP contribution in [0.4, 0.5) is 0 Å². The zero-order valence-electron chi connectivity index (χ0n) is 11.9. The van der Waals surface area contributed by atoms with Crippen molar-refractivity contribution in [1.82, 2.24) is 9.88 Å². The summed E-state index contributed by atoms with van der Waals surface area (Å²) in [5, 5.41) is 13.8. The maximum absolute atomic E-state index is 8.98. The molecule has 0 aliphatic carbocycles. The average molecular weight is 260 g/mol. The van der Waals surface area contributed by atoms with E-state index in [-0.39, 0.29) is 6.61 Å². The zero-order chi connectivity index (χ0) is 13.7. The van der Waals surface area contributed by atoms with Gasteiger partial charge in [0.05, 0.1) is 0 Å². The van der Waals surface area contributed by atoms with E-state index >= 15 is 0 Å². The molecule has 19 heavy (non-hydrogen) atoms. The number of hydrogen-bond donors (Lipinski definition) is 2. The third-order valence-corrected chi connectivity index (χ3v) is 3.30. The smallest absolute Gasteiger partial charge is 0.0483 e. The van der Waals surface area contributed by atoms with Gasteiger partial charge >= 0.3 is 0 Å². The van der Waals surface area contributed by atoms with Gasteiger partial charge in [-0.25, -0.2) is 0 Å². The zero-order valence-corrected chi connectivity index (χ0v) is 11.9. The van der Waals surface area contributed by atoms with Crippen LogP contribution in [0.2, 0.25) is 0 Å². The summed E-state index contributed by atoms with van der Waals surface area (Å²) in [6.07, 6.45) is 3.02. The van der Waals surface area contributed by atoms with Crippen LogP contribution >= 0.6 is 0 Å². The molecule has 1 aromatic heterocycles. The number of nitrogens with zero attached hydrogens (tertiary/aromatic N) is 1. The maximum atomic E-state index is 8.98. The number of nitrogens with one attached hydrogen (secondary N) is 1. The Balaban J connectivity index is 2.18. The molecule has 1 aromatic carbocycles. The van der Waals surface area contributed by atoms with E-state index in [1.165, 1.54) is 16.5 Å². The van der Waals surface area contributed by atoms with Crippen LogP contribution in [0.25, 0.3) is 10.9 Å². The van der Waals surface area contributed by atoms with E-state index in [1.54, 1.807) is 0 Å². The molecule has 104 valence electrons. The van der Waals surface area contributed by atoms with Gasteiger partial charge in [-0.2, -0.15) is 0 Å². The first-order valence-electron chi connectivity index (χ1n) is 7.10. The third kappa shape index (κ3) is 3.58. The summed E-state index contributed by atoms with van der Waals surface area (Å²) in [5.41, 5.74) is 2.60. The molecule has 0 atom stereocenters. The molecule has 0 spiro atoms. The van der Waals surface area contributed by atoms with Gasteiger partial charge in [0, 0.05) is 36.8 Å². The minimum absolute atomic E-state index is 0.243. The number of aliphatic hydroxyl groups excluding tert-OH is 1. The van der Waals surface area contributed by atoms with Gasteiger partial charge in [-0.05, 0) is 30.5 Å². The van der Waals surface area contributed by atoms with Crippen LogP contribution in [0.1, 0.15) is 25.8 Å². The summed E-state index contributed by atoms with van der Waals surface area (Å²) in [5.74, 6) is 0.669. The van der Waals surface area contributed by atoms with Gasteiger partial charge < -0.3 is 15.0 Å². The number of aromatic nitrogens is 1. The van der Waals surface area contributed by atoms with E-state index in [2.05, 4.69) is 54.2 Å². The minimum Gasteiger partial charge on any atom is -0.396 e. The van der Waals surface area contributed by atoms with Crippen molar-refractivity contribution in [3.8, 4) is 0 Å². The van der Waals surface area contributed by atoms with Crippen molar-refractivity contribution in [2.45, 2.75) is 33.4 Å². The van der Waals surface area contributed by atoms with Gasteiger partial charge in [0.1, 0.15) is 0 Å². The topological polar surface area (TPSA) is 37.2 Å². The second kappa shape index (κ2) is 6.73. The molecule has 0 saturated heterocycles. The Bertz CT molecular complexity index is 516. The lowest BCUT2D eigenvalue weighted by molar-refractivity contribution is 0.280. The number of para-hydroxylation sites is 1. The number of aliphatic hydroxyl groups is 1. The Morgan fingerprint density at radius 3 is 2.79 bits per heavy atom. The standard InChI is InChI=1S/C16H24N2O/c1-13(2)10-17-11-14-12-18(8-5-9-19)16-7-4-3-6-15(14)16/h3-4,6-7,12-13,17,19H,5,8-11H2,1-2H3. The predicted molar refractivity (Wildman–Crippen MR) is 80.2 cm³/mol. The summed E-state index contributed by atoms with van der Waals surface area (Å²) in [7, 11) is 0. The van der Waals surface area contributed by atoms with Crippen molar-refractivity contribution in [3.05, 3.63) is 36.0 Å². The van der Waals surface area contributed by atoms with Crippen LogP contribution in [0.15, 0.2) is 30.5 Å². The predicted octanol–water partition coefficient (Wildman–Crippen LogP) is 2.77. The quantitative estimate of drug-likeness (QED) is 0.803. The van der Waals surface area contributed by atoms with Crippen LogP contribution < -0.4 is 5.32 Å². The minimum atomic E-state index is 0.243. The van der Waals surface area contributed by atoms with Crippen molar-refractivity contribution >= 4 is 10.9 Å². The highest BCUT2D eigenvalue weighted by Gasteiger charge is 2.07. The molecular formula is C16H24N2O. The Morgan fingerprint density at radius 1 is 1.26 bits per heavy atom. The SMILES string of the molecule is CC(C)CNCc1cn(CCCO)c2ccccc12. The normalized spacial score (nSPS) is 11.6. The first-order chi connectivity index (χ1) is 9.22. The lowest BCUT2D eigenvalue weighted by Crippen LogP contribution is -2.18. The van der Waals surface area contributed by atoms with Crippen molar-refractivity contribution in [2.75, 3.05) is 13.2 Å². The molecule has 2 rings (SSSR count). The summed E-state index contributed by atoms with van der Waals surface area (Å²) in [6.45, 7) is 7.50. The van der Waals surface area contributed by atoms with Crippen molar-refractivity contribution < 1.29 is 5.11 Å². The highest BCUT2D eigenvalue weighted by Crippen LogP contribution is 2.21. The molecule has 0 radical (unpaired) electrons. The lowest BCUT2D eigenvalue weighted by Gasteiger charge is -2.06. The van der Waals surface area contributed by atoms with E-state index in [0.717, 1.165) is 26.1 Å². The number of rotatable bonds is 7. The first-order valence-corrected chi connectivity index (χ1v) is 7.10. The number of benzene rings is 1. The Hall–Kier alpha value is -1.32. The molecule has 0 aliphatic heterocycles. The molecule has 0 amide bonds. The van der Waals surface area contributed by atoms with E-state index in [9.17, 15) is 0 Å². The summed E-state index contributed by atoms with van der Waals surface area (Å²) in [6, 6.07) is 8.49. The Morgan fingerprint density at radius 2 is 2.05 bits per heavy atom. The van der Waals surface area contributed by atoms with Crippen LogP contribution in [-0.2, 0) is 13.1 Å². The molecule has 0 fully saturated rings. The molecular weight excluding hydrogens is 236 g/mol. The lowest BCUT2D eigenvalue weighted by atomic mass is 10.1. The highest BCUT2D eigenvalue weighted by atomic mass is 16.3. The van der Waals surface area contributed by atoms with Crippen molar-refractivity contribution in [1.29, 1.82) is 0 Å². The fourth-order valence-corrected chi connectivity index (χ4v) is 2.39. The number of fused-ring (bicyclic) bond motifs is 1. The second-order valence-corrected chi connectivity index (χ2v) is 5.47. The summed E-state index contributed by atoms with van der Waals surface area (Å²) >= 11 is 0. The van der Waals surface area contributed by atoms with Crippen molar-refractivity contribution in [2.24, 2.45) is 5.92 Å². The fourth-order valence-electron chi connectivity index (χ4n) is 2.39. The molecule has 0 aliphatic rings. The van der Waals surface area contributed by atoms with Gasteiger partial charge in [0.2, 0.25) is 0 Å². The summed E-state index contributed by atoms with van der Waals surface area (Å²) in [4.78, 5) is 0. The van der Waals surface area contributed by atoms with Crippen LogP contribution in [0.5, 0.6) is 0 Å². The van der Waals surface area contributed by atoms with Crippen molar-refractivity contribution in [3.63, 3.8) is 0 Å². The Labute approximate surface area is 115 Å². The molecule has 3 nitrogen and oxygen atoms in total. The molecule has 0 unspecified atom stereocenters. The molecule has 2 aromatic rings.